The predicted octanol–water partition coefficient (Wildman–Crippen LogP) is 4.33. The molecule has 1 rings (SSSR count). The number of ether oxygens (including phenoxy) is 3. The Morgan fingerprint density at radius 3 is 2.19 bits per heavy atom. The van der Waals surface area contributed by atoms with Crippen LogP contribution in [-0.2, 0) is 20.6 Å². The van der Waals surface area contributed by atoms with Gasteiger partial charge in [-0.25, -0.2) is 0 Å². The summed E-state index contributed by atoms with van der Waals surface area (Å²) in [4.78, 5) is 0. The van der Waals surface area contributed by atoms with Crippen LogP contribution in [0.3, 0.4) is 0 Å². The van der Waals surface area contributed by atoms with Gasteiger partial charge in [-0.3, -0.25) is 0 Å². The van der Waals surface area contributed by atoms with E-state index in [2.05, 4.69) is 30.3 Å². The van der Waals surface area contributed by atoms with Gasteiger partial charge < -0.3 is 14.2 Å². The molecule has 0 aromatic heterocycles. The van der Waals surface area contributed by atoms with E-state index >= 15 is 0 Å². The van der Waals surface area contributed by atoms with Crippen LogP contribution in [0, 0.1) is 0 Å². The van der Waals surface area contributed by atoms with Gasteiger partial charge in [0.25, 0.3) is 0 Å². The highest BCUT2D eigenvalue weighted by molar-refractivity contribution is 5.15. The minimum atomic E-state index is -0.404. The molecule has 0 saturated carbocycles. The maximum absolute atomic E-state index is 5.87. The summed E-state index contributed by atoms with van der Waals surface area (Å²) in [6.07, 6.45) is 3.68. The first kappa shape index (κ1) is 17.7. The van der Waals surface area contributed by atoms with Crippen LogP contribution in [0.1, 0.15) is 39.7 Å². The lowest BCUT2D eigenvalue weighted by atomic mass is 10.1. The van der Waals surface area contributed by atoms with E-state index < -0.39 is 6.29 Å². The molecule has 3 nitrogen and oxygen atoms in total. The maximum atomic E-state index is 5.87. The van der Waals surface area contributed by atoms with Crippen LogP contribution in [0.4, 0.5) is 0 Å². The van der Waals surface area contributed by atoms with E-state index in [9.17, 15) is 0 Å². The number of hydrogen-bond acceptors (Lipinski definition) is 3. The second-order valence-electron chi connectivity index (χ2n) is 5.04. The summed E-state index contributed by atoms with van der Waals surface area (Å²) < 4.78 is 17.1. The summed E-state index contributed by atoms with van der Waals surface area (Å²) in [7, 11) is 0. The van der Waals surface area contributed by atoms with Crippen LogP contribution >= 0.6 is 0 Å². The average molecular weight is 292 g/mol. The molecule has 0 atom stereocenters. The van der Waals surface area contributed by atoms with Crippen LogP contribution in [0.5, 0.6) is 0 Å². The molecule has 0 saturated heterocycles. The molecule has 0 N–H and O–H groups in total. The third-order valence-corrected chi connectivity index (χ3v) is 2.86. The van der Waals surface area contributed by atoms with E-state index in [0.717, 1.165) is 18.6 Å². The fourth-order valence-electron chi connectivity index (χ4n) is 2.01. The molecule has 118 valence electrons. The molecular formula is C18H28O3. The Balaban J connectivity index is 2.67. The Kier molecular flexibility index (Phi) is 8.79. The van der Waals surface area contributed by atoms with E-state index in [1.165, 1.54) is 5.56 Å². The Labute approximate surface area is 128 Å². The first-order chi connectivity index (χ1) is 10.2. The van der Waals surface area contributed by atoms with Gasteiger partial charge in [0.2, 0.25) is 6.29 Å². The van der Waals surface area contributed by atoms with E-state index in [1.54, 1.807) is 0 Å². The van der Waals surface area contributed by atoms with Gasteiger partial charge in [0.15, 0.2) is 0 Å². The van der Waals surface area contributed by atoms with Crippen molar-refractivity contribution in [1.82, 2.24) is 0 Å². The van der Waals surface area contributed by atoms with Gasteiger partial charge in [-0.1, -0.05) is 30.3 Å². The highest BCUT2D eigenvalue weighted by atomic mass is 16.7. The molecule has 0 aliphatic heterocycles. The SMILES string of the molecule is CCOC(OCC)C(=CCCc1ccccc1)OC(C)C. The van der Waals surface area contributed by atoms with Gasteiger partial charge in [0.1, 0.15) is 5.76 Å². The fourth-order valence-corrected chi connectivity index (χ4v) is 2.01. The molecule has 0 heterocycles. The van der Waals surface area contributed by atoms with Crippen molar-refractivity contribution < 1.29 is 14.2 Å². The smallest absolute Gasteiger partial charge is 0.216 e. The van der Waals surface area contributed by atoms with E-state index in [4.69, 9.17) is 14.2 Å². The minimum absolute atomic E-state index is 0.108. The summed E-state index contributed by atoms with van der Waals surface area (Å²) >= 11 is 0. The van der Waals surface area contributed by atoms with Crippen LogP contribution < -0.4 is 0 Å². The number of allylic oxidation sites excluding steroid dienone is 1. The number of hydrogen-bond donors (Lipinski definition) is 0. The second-order valence-corrected chi connectivity index (χ2v) is 5.04. The summed E-state index contributed by atoms with van der Waals surface area (Å²) in [5.74, 6) is 0.782. The molecule has 0 aliphatic carbocycles. The molecule has 3 heteroatoms. The Hall–Kier alpha value is -1.32. The molecule has 0 aliphatic rings. The fraction of sp³-hybridized carbons (Fsp3) is 0.556. The molecular weight excluding hydrogens is 264 g/mol. The van der Waals surface area contributed by atoms with Crippen molar-refractivity contribution in [1.29, 1.82) is 0 Å². The largest absolute Gasteiger partial charge is 0.490 e. The molecule has 0 spiro atoms. The number of benzene rings is 1. The Morgan fingerprint density at radius 1 is 1.05 bits per heavy atom. The van der Waals surface area contributed by atoms with Crippen LogP contribution in [-0.4, -0.2) is 25.6 Å². The van der Waals surface area contributed by atoms with Crippen molar-refractivity contribution >= 4 is 0 Å². The van der Waals surface area contributed by atoms with Crippen molar-refractivity contribution in [2.45, 2.75) is 52.9 Å². The lowest BCUT2D eigenvalue weighted by molar-refractivity contribution is -0.141. The quantitative estimate of drug-likeness (QED) is 0.474. The van der Waals surface area contributed by atoms with Crippen molar-refractivity contribution in [2.24, 2.45) is 0 Å². The lowest BCUT2D eigenvalue weighted by Crippen LogP contribution is -2.23. The first-order valence-corrected chi connectivity index (χ1v) is 7.81. The Bertz CT molecular complexity index is 392. The maximum Gasteiger partial charge on any atom is 0.216 e. The van der Waals surface area contributed by atoms with Gasteiger partial charge in [-0.05, 0) is 52.2 Å². The topological polar surface area (TPSA) is 27.7 Å². The molecule has 0 unspecified atom stereocenters. The van der Waals surface area contributed by atoms with E-state index in [-0.39, 0.29) is 6.10 Å². The molecule has 1 aromatic carbocycles. The predicted molar refractivity (Wildman–Crippen MR) is 86.1 cm³/mol. The molecule has 0 amide bonds. The second kappa shape index (κ2) is 10.4. The normalized spacial score (nSPS) is 12.2. The minimum Gasteiger partial charge on any atom is -0.490 e. The molecule has 0 bridgehead atoms. The van der Waals surface area contributed by atoms with Gasteiger partial charge in [-0.15, -0.1) is 0 Å². The third-order valence-electron chi connectivity index (χ3n) is 2.86. The Morgan fingerprint density at radius 2 is 1.67 bits per heavy atom. The van der Waals surface area contributed by atoms with E-state index in [1.807, 2.05) is 33.8 Å². The third kappa shape index (κ3) is 7.30. The zero-order chi connectivity index (χ0) is 15.5. The molecule has 0 radical (unpaired) electrons. The monoisotopic (exact) mass is 292 g/mol. The highest BCUT2D eigenvalue weighted by Crippen LogP contribution is 2.15. The summed E-state index contributed by atoms with van der Waals surface area (Å²) in [5, 5.41) is 0. The standard InChI is InChI=1S/C18H28O3/c1-5-19-18(20-6-2)17(21-15(3)4)14-10-13-16-11-8-7-9-12-16/h7-9,11-12,14-15,18H,5-6,10,13H2,1-4H3. The van der Waals surface area contributed by atoms with Crippen molar-refractivity contribution in [3.8, 4) is 0 Å². The summed E-state index contributed by atoms with van der Waals surface area (Å²) in [6.45, 7) is 9.15. The number of rotatable bonds is 10. The van der Waals surface area contributed by atoms with Gasteiger partial charge in [-0.2, -0.15) is 0 Å². The van der Waals surface area contributed by atoms with Crippen molar-refractivity contribution in [3.63, 3.8) is 0 Å². The molecule has 1 aromatic rings. The van der Waals surface area contributed by atoms with Crippen molar-refractivity contribution in [3.05, 3.63) is 47.7 Å². The van der Waals surface area contributed by atoms with Gasteiger partial charge >= 0.3 is 0 Å². The van der Waals surface area contributed by atoms with Gasteiger partial charge in [0.05, 0.1) is 6.10 Å². The zero-order valence-electron chi connectivity index (χ0n) is 13.7. The lowest BCUT2D eigenvalue weighted by Gasteiger charge is -2.22. The van der Waals surface area contributed by atoms with Gasteiger partial charge in [0, 0.05) is 13.2 Å². The number of aryl methyl sites for hydroxylation is 1. The molecule has 0 fully saturated rings. The first-order valence-electron chi connectivity index (χ1n) is 7.81. The van der Waals surface area contributed by atoms with Crippen LogP contribution in [0.15, 0.2) is 42.2 Å². The summed E-state index contributed by atoms with van der Waals surface area (Å²) in [5.41, 5.74) is 1.32. The van der Waals surface area contributed by atoms with Crippen LogP contribution in [0.2, 0.25) is 0 Å². The van der Waals surface area contributed by atoms with E-state index in [0.29, 0.717) is 13.2 Å². The van der Waals surface area contributed by atoms with Crippen LogP contribution in [0.25, 0.3) is 0 Å². The zero-order valence-corrected chi connectivity index (χ0v) is 13.7. The average Bonchev–Trinajstić information content (AvgIpc) is 2.47. The highest BCUT2D eigenvalue weighted by Gasteiger charge is 2.17. The van der Waals surface area contributed by atoms with Crippen molar-refractivity contribution in [2.75, 3.05) is 13.2 Å². The summed E-state index contributed by atoms with van der Waals surface area (Å²) in [6, 6.07) is 10.4. The molecule has 21 heavy (non-hydrogen) atoms.